The smallest absolute Gasteiger partial charge is 0.252 e. The number of nitrogens with one attached hydrogen (secondary N) is 2. The summed E-state index contributed by atoms with van der Waals surface area (Å²) in [4.78, 5) is 32.4. The van der Waals surface area contributed by atoms with E-state index in [-0.39, 0.29) is 23.4 Å². The number of Topliss-reactive ketones (excluding diaryl/α,β-unsaturated/α-hetero) is 1. The van der Waals surface area contributed by atoms with Crippen LogP contribution in [0.2, 0.25) is 5.02 Å². The van der Waals surface area contributed by atoms with Crippen LogP contribution in [0.15, 0.2) is 47.1 Å². The Balaban J connectivity index is 1.48. The predicted octanol–water partition coefficient (Wildman–Crippen LogP) is 5.61. The molecule has 2 aromatic carbocycles. The molecule has 0 saturated heterocycles. The highest BCUT2D eigenvalue weighted by Crippen LogP contribution is 2.27. The second kappa shape index (κ2) is 11.2. The molecule has 0 fully saturated rings. The molecule has 0 aliphatic heterocycles. The third kappa shape index (κ3) is 6.40. The van der Waals surface area contributed by atoms with E-state index in [2.05, 4.69) is 25.7 Å². The zero-order valence-electron chi connectivity index (χ0n) is 18.2. The molecular formula is C22H18ClFN6O2S3. The lowest BCUT2D eigenvalue weighted by molar-refractivity contribution is -0.116. The van der Waals surface area contributed by atoms with Crippen molar-refractivity contribution < 1.29 is 14.0 Å². The van der Waals surface area contributed by atoms with Crippen LogP contribution in [0.3, 0.4) is 0 Å². The molecule has 8 nitrogen and oxygen atoms in total. The van der Waals surface area contributed by atoms with E-state index in [1.54, 1.807) is 25.1 Å². The van der Waals surface area contributed by atoms with Gasteiger partial charge in [-0.15, -0.1) is 0 Å². The number of thioether (sulfide) groups is 1. The van der Waals surface area contributed by atoms with Crippen LogP contribution < -0.4 is 10.6 Å². The minimum absolute atomic E-state index is 0.0190. The lowest BCUT2D eigenvalue weighted by Crippen LogP contribution is -2.26. The molecule has 0 unspecified atom stereocenters. The van der Waals surface area contributed by atoms with Crippen molar-refractivity contribution >= 4 is 81.0 Å². The highest BCUT2D eigenvalue weighted by molar-refractivity contribution is 8.01. The topological polar surface area (TPSA) is 102 Å². The largest absolute Gasteiger partial charge is 0.340 e. The molecule has 180 valence electrons. The molecule has 2 N–H and O–H groups in total. The van der Waals surface area contributed by atoms with Gasteiger partial charge in [-0.25, -0.2) is 19.0 Å². The Kier molecular flexibility index (Phi) is 8.06. The molecule has 0 aliphatic rings. The Labute approximate surface area is 217 Å². The fourth-order valence-corrected chi connectivity index (χ4v) is 5.61. The standard InChI is InChI=1S/C22H18ClFN6O2S3/c1-12(31)6-7-34-21-29-30(22(33)35-21)11-27-20(32)13-2-5-18-15(8-13)19(26-10-25-18)28-14-3-4-17(24)16(23)9-14/h2-5,8-10H,6-7,11H2,1H3,(H,27,32)(H,25,26,28). The summed E-state index contributed by atoms with van der Waals surface area (Å²) in [6.45, 7) is 1.65. The fraction of sp³-hybridized carbons (Fsp3) is 0.182. The molecule has 0 saturated carbocycles. The van der Waals surface area contributed by atoms with Gasteiger partial charge in [0, 0.05) is 28.8 Å². The number of ketones is 1. The molecule has 0 spiro atoms. The average molecular weight is 549 g/mol. The lowest BCUT2D eigenvalue weighted by atomic mass is 10.1. The van der Waals surface area contributed by atoms with Gasteiger partial charge in [-0.3, -0.25) is 9.59 Å². The van der Waals surface area contributed by atoms with Crippen molar-refractivity contribution in [2.75, 3.05) is 11.1 Å². The number of aromatic nitrogens is 4. The third-order valence-corrected chi connectivity index (χ3v) is 7.47. The van der Waals surface area contributed by atoms with Gasteiger partial charge < -0.3 is 10.6 Å². The van der Waals surface area contributed by atoms with E-state index in [0.717, 1.165) is 4.34 Å². The second-order valence-corrected chi connectivity index (χ2v) is 10.7. The van der Waals surface area contributed by atoms with E-state index in [1.165, 1.54) is 52.3 Å². The Hall–Kier alpha value is -2.93. The summed E-state index contributed by atoms with van der Waals surface area (Å²) in [7, 11) is 0. The van der Waals surface area contributed by atoms with Crippen molar-refractivity contribution in [3.8, 4) is 0 Å². The third-order valence-electron chi connectivity index (χ3n) is 4.74. The van der Waals surface area contributed by atoms with Crippen LogP contribution >= 0.6 is 46.9 Å². The zero-order valence-corrected chi connectivity index (χ0v) is 21.5. The molecule has 0 aliphatic carbocycles. The van der Waals surface area contributed by atoms with Gasteiger partial charge in [-0.05, 0) is 55.5 Å². The molecule has 35 heavy (non-hydrogen) atoms. The first-order valence-corrected chi connectivity index (χ1v) is 12.8. The number of carbonyl (C=O) groups is 2. The normalized spacial score (nSPS) is 10.9. The van der Waals surface area contributed by atoms with Gasteiger partial charge in [-0.2, -0.15) is 5.10 Å². The van der Waals surface area contributed by atoms with E-state index in [9.17, 15) is 14.0 Å². The molecule has 4 rings (SSSR count). The summed E-state index contributed by atoms with van der Waals surface area (Å²) in [6.07, 6.45) is 1.86. The van der Waals surface area contributed by atoms with Crippen LogP contribution in [0.4, 0.5) is 15.9 Å². The van der Waals surface area contributed by atoms with Crippen molar-refractivity contribution in [2.45, 2.75) is 24.4 Å². The van der Waals surface area contributed by atoms with Crippen molar-refractivity contribution in [3.05, 3.63) is 63.1 Å². The first kappa shape index (κ1) is 25.2. The summed E-state index contributed by atoms with van der Waals surface area (Å²) in [5.41, 5.74) is 1.56. The maximum Gasteiger partial charge on any atom is 0.252 e. The van der Waals surface area contributed by atoms with Crippen LogP contribution in [-0.4, -0.2) is 37.2 Å². The molecule has 2 heterocycles. The summed E-state index contributed by atoms with van der Waals surface area (Å²) < 4.78 is 16.3. The number of amides is 1. The number of rotatable bonds is 9. The van der Waals surface area contributed by atoms with Crippen LogP contribution in [0.1, 0.15) is 23.7 Å². The minimum atomic E-state index is -0.522. The highest BCUT2D eigenvalue weighted by atomic mass is 35.5. The average Bonchev–Trinajstić information content (AvgIpc) is 3.18. The van der Waals surface area contributed by atoms with Gasteiger partial charge in [0.15, 0.2) is 8.29 Å². The van der Waals surface area contributed by atoms with Crippen molar-refractivity contribution in [1.82, 2.24) is 25.1 Å². The van der Waals surface area contributed by atoms with Gasteiger partial charge in [0.25, 0.3) is 5.91 Å². The molecule has 0 atom stereocenters. The number of hydrogen-bond acceptors (Lipinski definition) is 9. The first-order chi connectivity index (χ1) is 16.8. The van der Waals surface area contributed by atoms with Crippen LogP contribution in [0, 0.1) is 9.77 Å². The van der Waals surface area contributed by atoms with Crippen molar-refractivity contribution in [3.63, 3.8) is 0 Å². The van der Waals surface area contributed by atoms with E-state index in [1.807, 2.05) is 0 Å². The highest BCUT2D eigenvalue weighted by Gasteiger charge is 2.12. The first-order valence-electron chi connectivity index (χ1n) is 10.3. The minimum Gasteiger partial charge on any atom is -0.340 e. The Morgan fingerprint density at radius 2 is 2.06 bits per heavy atom. The van der Waals surface area contributed by atoms with Crippen LogP contribution in [0.25, 0.3) is 10.9 Å². The predicted molar refractivity (Wildman–Crippen MR) is 139 cm³/mol. The number of carbonyl (C=O) groups excluding carboxylic acids is 2. The molecule has 0 radical (unpaired) electrons. The summed E-state index contributed by atoms with van der Waals surface area (Å²) >= 11 is 14.0. The Bertz CT molecular complexity index is 1480. The molecule has 2 aromatic heterocycles. The number of hydrogen-bond donors (Lipinski definition) is 2. The Morgan fingerprint density at radius 1 is 1.23 bits per heavy atom. The van der Waals surface area contributed by atoms with Gasteiger partial charge in [0.1, 0.15) is 30.4 Å². The van der Waals surface area contributed by atoms with Crippen molar-refractivity contribution in [2.24, 2.45) is 0 Å². The number of fused-ring (bicyclic) bond motifs is 1. The molecular weight excluding hydrogens is 531 g/mol. The van der Waals surface area contributed by atoms with Gasteiger partial charge in [0.05, 0.1) is 10.5 Å². The summed E-state index contributed by atoms with van der Waals surface area (Å²) in [6, 6.07) is 9.28. The number of halogens is 2. The van der Waals surface area contributed by atoms with Crippen LogP contribution in [-0.2, 0) is 11.5 Å². The zero-order chi connectivity index (χ0) is 24.9. The quantitative estimate of drug-likeness (QED) is 0.205. The van der Waals surface area contributed by atoms with Gasteiger partial charge >= 0.3 is 0 Å². The number of benzene rings is 2. The maximum absolute atomic E-state index is 13.5. The van der Waals surface area contributed by atoms with E-state index in [4.69, 9.17) is 23.8 Å². The van der Waals surface area contributed by atoms with Gasteiger partial charge in [0.2, 0.25) is 0 Å². The van der Waals surface area contributed by atoms with Gasteiger partial charge in [-0.1, -0.05) is 34.7 Å². The summed E-state index contributed by atoms with van der Waals surface area (Å²) in [5.74, 6) is 0.344. The lowest BCUT2D eigenvalue weighted by Gasteiger charge is -2.10. The SMILES string of the molecule is CC(=O)CCSc1nn(CNC(=O)c2ccc3ncnc(Nc4ccc(F)c(Cl)c4)c3c2)c(=S)s1. The second-order valence-electron chi connectivity index (χ2n) is 7.31. The molecule has 0 bridgehead atoms. The molecule has 1 amide bonds. The van der Waals surface area contributed by atoms with Crippen LogP contribution in [0.5, 0.6) is 0 Å². The summed E-state index contributed by atoms with van der Waals surface area (Å²) in [5, 5.41) is 10.9. The monoisotopic (exact) mass is 548 g/mol. The maximum atomic E-state index is 13.5. The number of nitrogens with zero attached hydrogens (tertiary/aromatic N) is 4. The van der Waals surface area contributed by atoms with Crippen molar-refractivity contribution in [1.29, 1.82) is 0 Å². The fourth-order valence-electron chi connectivity index (χ4n) is 2.98. The molecule has 4 aromatic rings. The van der Waals surface area contributed by atoms with E-state index in [0.29, 0.717) is 44.1 Å². The Morgan fingerprint density at radius 3 is 2.83 bits per heavy atom. The molecule has 13 heteroatoms. The number of anilines is 2. The van der Waals surface area contributed by atoms with E-state index < -0.39 is 5.82 Å². The van der Waals surface area contributed by atoms with E-state index >= 15 is 0 Å².